The van der Waals surface area contributed by atoms with Crippen LogP contribution in [0.4, 0.5) is 5.69 Å². The van der Waals surface area contributed by atoms with Crippen molar-refractivity contribution in [2.45, 2.75) is 26.4 Å². The molecular weight excluding hydrogens is 242 g/mol. The summed E-state index contributed by atoms with van der Waals surface area (Å²) in [6, 6.07) is 7.13. The summed E-state index contributed by atoms with van der Waals surface area (Å²) in [7, 11) is 0. The van der Waals surface area contributed by atoms with Crippen molar-refractivity contribution in [1.29, 1.82) is 5.26 Å². The van der Waals surface area contributed by atoms with Crippen LogP contribution >= 0.6 is 0 Å². The molecule has 0 bridgehead atoms. The number of nitrogens with one attached hydrogen (secondary N) is 1. The van der Waals surface area contributed by atoms with Gasteiger partial charge in [0, 0.05) is 16.6 Å². The summed E-state index contributed by atoms with van der Waals surface area (Å²) in [4.78, 5) is 15.0. The molecule has 0 aliphatic heterocycles. The number of nitrogen functional groups attached to an aromatic ring is 1. The van der Waals surface area contributed by atoms with E-state index in [1.807, 2.05) is 6.07 Å². The predicted molar refractivity (Wildman–Crippen MR) is 72.6 cm³/mol. The number of anilines is 1. The van der Waals surface area contributed by atoms with Crippen molar-refractivity contribution < 1.29 is 9.53 Å². The molecule has 19 heavy (non-hydrogen) atoms. The van der Waals surface area contributed by atoms with Gasteiger partial charge in [0.15, 0.2) is 0 Å². The van der Waals surface area contributed by atoms with E-state index < -0.39 is 11.6 Å². The van der Waals surface area contributed by atoms with Gasteiger partial charge in [0.1, 0.15) is 17.4 Å². The molecule has 5 nitrogen and oxygen atoms in total. The van der Waals surface area contributed by atoms with Crippen LogP contribution < -0.4 is 5.73 Å². The minimum atomic E-state index is -0.611. The molecule has 5 heteroatoms. The molecule has 0 saturated heterocycles. The van der Waals surface area contributed by atoms with Crippen LogP contribution in [0.3, 0.4) is 0 Å². The molecule has 0 saturated carbocycles. The zero-order valence-corrected chi connectivity index (χ0v) is 11.1. The highest BCUT2D eigenvalue weighted by molar-refractivity contribution is 6.01. The quantitative estimate of drug-likeness (QED) is 0.606. The summed E-state index contributed by atoms with van der Waals surface area (Å²) >= 11 is 0. The molecule has 0 aliphatic carbocycles. The maximum atomic E-state index is 12.1. The van der Waals surface area contributed by atoms with Gasteiger partial charge in [0.2, 0.25) is 0 Å². The first kappa shape index (κ1) is 13.0. The van der Waals surface area contributed by atoms with Crippen LogP contribution in [0.25, 0.3) is 10.9 Å². The Hall–Kier alpha value is -2.48. The van der Waals surface area contributed by atoms with Gasteiger partial charge >= 0.3 is 5.97 Å². The van der Waals surface area contributed by atoms with Gasteiger partial charge in [0.05, 0.1) is 5.56 Å². The van der Waals surface area contributed by atoms with Crippen molar-refractivity contribution >= 4 is 22.6 Å². The van der Waals surface area contributed by atoms with Crippen LogP contribution in [0.2, 0.25) is 0 Å². The SMILES string of the molecule is CC(C)(C)OC(=O)c1[nH]c2ccc(N)cc2c1C#N. The molecule has 0 aliphatic rings. The third-order valence-electron chi connectivity index (χ3n) is 2.54. The number of H-pyrrole nitrogens is 1. The van der Waals surface area contributed by atoms with E-state index in [1.165, 1.54) is 0 Å². The number of hydrogen-bond donors (Lipinski definition) is 2. The second-order valence-corrected chi connectivity index (χ2v) is 5.29. The van der Waals surface area contributed by atoms with Crippen LogP contribution in [0.15, 0.2) is 18.2 Å². The van der Waals surface area contributed by atoms with Crippen molar-refractivity contribution in [2.24, 2.45) is 0 Å². The van der Waals surface area contributed by atoms with Gasteiger partial charge in [-0.2, -0.15) is 5.26 Å². The number of aromatic nitrogens is 1. The van der Waals surface area contributed by atoms with Gasteiger partial charge in [-0.05, 0) is 39.0 Å². The molecule has 1 aromatic heterocycles. The lowest BCUT2D eigenvalue weighted by atomic mass is 10.1. The topological polar surface area (TPSA) is 91.9 Å². The first-order valence-electron chi connectivity index (χ1n) is 5.86. The van der Waals surface area contributed by atoms with Crippen LogP contribution in [0, 0.1) is 11.3 Å². The summed E-state index contributed by atoms with van der Waals surface area (Å²) in [5.41, 5.74) is 6.74. The average Bonchev–Trinajstić information content (AvgIpc) is 2.64. The van der Waals surface area contributed by atoms with E-state index in [4.69, 9.17) is 10.5 Å². The third-order valence-corrected chi connectivity index (χ3v) is 2.54. The van der Waals surface area contributed by atoms with Crippen molar-refractivity contribution in [3.63, 3.8) is 0 Å². The van der Waals surface area contributed by atoms with Gasteiger partial charge in [-0.25, -0.2) is 4.79 Å². The lowest BCUT2D eigenvalue weighted by molar-refractivity contribution is 0.00636. The summed E-state index contributed by atoms with van der Waals surface area (Å²) in [5.74, 6) is -0.543. The van der Waals surface area contributed by atoms with E-state index in [1.54, 1.807) is 39.0 Å². The van der Waals surface area contributed by atoms with E-state index in [2.05, 4.69) is 4.98 Å². The summed E-state index contributed by atoms with van der Waals surface area (Å²) in [5, 5.41) is 9.85. The normalized spacial score (nSPS) is 11.3. The number of hydrogen-bond acceptors (Lipinski definition) is 4. The lowest BCUT2D eigenvalue weighted by Gasteiger charge is -2.18. The van der Waals surface area contributed by atoms with Crippen LogP contribution in [-0.4, -0.2) is 16.6 Å². The fourth-order valence-corrected chi connectivity index (χ4v) is 1.81. The van der Waals surface area contributed by atoms with Gasteiger partial charge in [-0.1, -0.05) is 0 Å². The predicted octanol–water partition coefficient (Wildman–Crippen LogP) is 2.58. The van der Waals surface area contributed by atoms with Gasteiger partial charge in [0.25, 0.3) is 0 Å². The van der Waals surface area contributed by atoms with E-state index >= 15 is 0 Å². The zero-order chi connectivity index (χ0) is 14.2. The van der Waals surface area contributed by atoms with Crippen LogP contribution in [-0.2, 0) is 4.74 Å². The Morgan fingerprint density at radius 2 is 2.11 bits per heavy atom. The highest BCUT2D eigenvalue weighted by Gasteiger charge is 2.23. The van der Waals surface area contributed by atoms with E-state index in [9.17, 15) is 10.1 Å². The Balaban J connectivity index is 2.56. The molecule has 0 amide bonds. The van der Waals surface area contributed by atoms with Crippen LogP contribution in [0.1, 0.15) is 36.8 Å². The molecule has 0 atom stereocenters. The largest absolute Gasteiger partial charge is 0.455 e. The number of aromatic amines is 1. The van der Waals surface area contributed by atoms with E-state index in [0.717, 1.165) is 0 Å². The summed E-state index contributed by atoms with van der Waals surface area (Å²) in [6.07, 6.45) is 0. The number of esters is 1. The minimum Gasteiger partial charge on any atom is -0.455 e. The number of nitrogens with two attached hydrogens (primary N) is 1. The van der Waals surface area contributed by atoms with Crippen LogP contribution in [0.5, 0.6) is 0 Å². The molecule has 2 aromatic rings. The summed E-state index contributed by atoms with van der Waals surface area (Å²) in [6.45, 7) is 5.33. The van der Waals surface area contributed by atoms with E-state index in [-0.39, 0.29) is 11.3 Å². The lowest BCUT2D eigenvalue weighted by Crippen LogP contribution is -2.24. The first-order chi connectivity index (χ1) is 8.81. The standard InChI is InChI=1S/C14H15N3O2/c1-14(2,3)19-13(18)12-10(7-15)9-6-8(16)4-5-11(9)17-12/h4-6,17H,16H2,1-3H3. The second-order valence-electron chi connectivity index (χ2n) is 5.29. The number of benzene rings is 1. The molecule has 2 rings (SSSR count). The Bertz CT molecular complexity index is 687. The Labute approximate surface area is 111 Å². The third kappa shape index (κ3) is 2.52. The van der Waals surface area contributed by atoms with Crippen molar-refractivity contribution in [3.05, 3.63) is 29.5 Å². The monoisotopic (exact) mass is 257 g/mol. The zero-order valence-electron chi connectivity index (χ0n) is 11.1. The summed E-state index contributed by atoms with van der Waals surface area (Å²) < 4.78 is 5.27. The number of nitriles is 1. The molecule has 1 aromatic carbocycles. The number of fused-ring (bicyclic) bond motifs is 1. The molecule has 0 unspecified atom stereocenters. The maximum Gasteiger partial charge on any atom is 0.356 e. The van der Waals surface area contributed by atoms with Crippen molar-refractivity contribution in [2.75, 3.05) is 5.73 Å². The Kier molecular flexibility index (Phi) is 2.95. The number of carbonyl (C=O) groups excluding carboxylic acids is 1. The van der Waals surface area contributed by atoms with Gasteiger partial charge < -0.3 is 15.5 Å². The fraction of sp³-hybridized carbons (Fsp3) is 0.286. The number of ether oxygens (including phenoxy) is 1. The Morgan fingerprint density at radius 1 is 1.42 bits per heavy atom. The highest BCUT2D eigenvalue weighted by Crippen LogP contribution is 2.25. The van der Waals surface area contributed by atoms with Crippen molar-refractivity contribution in [1.82, 2.24) is 4.98 Å². The smallest absolute Gasteiger partial charge is 0.356 e. The molecular formula is C14H15N3O2. The van der Waals surface area contributed by atoms with Crippen molar-refractivity contribution in [3.8, 4) is 6.07 Å². The Morgan fingerprint density at radius 3 is 2.68 bits per heavy atom. The van der Waals surface area contributed by atoms with Gasteiger partial charge in [-0.15, -0.1) is 0 Å². The molecule has 0 radical (unpaired) electrons. The molecule has 98 valence electrons. The van der Waals surface area contributed by atoms with E-state index in [0.29, 0.717) is 16.6 Å². The highest BCUT2D eigenvalue weighted by atomic mass is 16.6. The molecule has 0 fully saturated rings. The fourth-order valence-electron chi connectivity index (χ4n) is 1.81. The number of rotatable bonds is 1. The number of carbonyl (C=O) groups is 1. The minimum absolute atomic E-state index is 0.165. The average molecular weight is 257 g/mol. The molecule has 0 spiro atoms. The molecule has 1 heterocycles. The molecule has 3 N–H and O–H groups in total. The second kappa shape index (κ2) is 4.32. The number of nitrogens with zero attached hydrogens (tertiary/aromatic N) is 1. The first-order valence-corrected chi connectivity index (χ1v) is 5.86. The van der Waals surface area contributed by atoms with Gasteiger partial charge in [-0.3, -0.25) is 0 Å². The maximum absolute atomic E-state index is 12.1.